The molecule has 0 unspecified atom stereocenters. The first-order valence-corrected chi connectivity index (χ1v) is 10.3. The van der Waals surface area contributed by atoms with Crippen LogP contribution in [0.4, 0.5) is 13.2 Å². The van der Waals surface area contributed by atoms with Gasteiger partial charge in [-0.15, -0.1) is 0 Å². The Morgan fingerprint density at radius 2 is 2.12 bits per heavy atom. The second-order valence-electron chi connectivity index (χ2n) is 8.10. The minimum Gasteiger partial charge on any atom is -0.362 e. The molecule has 32 heavy (non-hydrogen) atoms. The highest BCUT2D eigenvalue weighted by Gasteiger charge is 2.36. The molecule has 1 aliphatic rings. The van der Waals surface area contributed by atoms with Crippen LogP contribution in [0.5, 0.6) is 0 Å². The average molecular weight is 441 g/mol. The molecule has 9 heteroatoms. The summed E-state index contributed by atoms with van der Waals surface area (Å²) in [6.07, 6.45) is 2.91. The molecule has 0 aromatic carbocycles. The molecule has 0 aliphatic carbocycles. The van der Waals surface area contributed by atoms with Gasteiger partial charge in [-0.1, -0.05) is 26.0 Å². The molecule has 1 fully saturated rings. The summed E-state index contributed by atoms with van der Waals surface area (Å²) in [6.45, 7) is 4.65. The number of likely N-dealkylation sites (tertiary alicyclic amines) is 1. The van der Waals surface area contributed by atoms with Gasteiger partial charge in [0.15, 0.2) is 5.65 Å². The first kappa shape index (κ1) is 21.8. The van der Waals surface area contributed by atoms with E-state index in [1.165, 1.54) is 0 Å². The second-order valence-corrected chi connectivity index (χ2v) is 8.10. The van der Waals surface area contributed by atoms with Crippen LogP contribution < -0.4 is 0 Å². The zero-order valence-corrected chi connectivity index (χ0v) is 17.7. The normalized spacial score (nSPS) is 16.9. The van der Waals surface area contributed by atoms with Crippen molar-refractivity contribution in [3.05, 3.63) is 71.1 Å². The lowest BCUT2D eigenvalue weighted by Gasteiger charge is -2.16. The van der Waals surface area contributed by atoms with E-state index in [4.69, 9.17) is 0 Å². The van der Waals surface area contributed by atoms with Crippen molar-refractivity contribution >= 4 is 17.7 Å². The largest absolute Gasteiger partial charge is 0.433 e. The Morgan fingerprint density at radius 3 is 2.78 bits per heavy atom. The molecule has 6 nitrogen and oxygen atoms in total. The maximum atomic E-state index is 13.6. The standard InChI is InChI=1S/C23H22F3N5O/c1-15(2)19-10-21(23(24,25)26)31-22(28-19)11-20(29-31)17-7-9-30(13-17)18(14-32)6-5-16-4-3-8-27-12-16/h3-6,8,10-12,15,17H,7,9,13H2,1-2H3/b6-5+/t17-/m0/s1. The summed E-state index contributed by atoms with van der Waals surface area (Å²) >= 11 is 0. The summed E-state index contributed by atoms with van der Waals surface area (Å²) < 4.78 is 41.8. The predicted molar refractivity (Wildman–Crippen MR) is 113 cm³/mol. The highest BCUT2D eigenvalue weighted by atomic mass is 19.4. The average Bonchev–Trinajstić information content (AvgIpc) is 3.40. The third-order valence-electron chi connectivity index (χ3n) is 5.52. The Kier molecular flexibility index (Phi) is 5.84. The summed E-state index contributed by atoms with van der Waals surface area (Å²) in [5, 5.41) is 4.25. The quantitative estimate of drug-likeness (QED) is 0.431. The van der Waals surface area contributed by atoms with E-state index in [9.17, 15) is 18.0 Å². The zero-order chi connectivity index (χ0) is 22.9. The van der Waals surface area contributed by atoms with Crippen LogP contribution in [-0.4, -0.2) is 43.5 Å². The fourth-order valence-corrected chi connectivity index (χ4v) is 3.78. The molecule has 1 atom stereocenters. The molecule has 4 heterocycles. The molecule has 166 valence electrons. The zero-order valence-electron chi connectivity index (χ0n) is 17.7. The number of alkyl halides is 3. The topological polar surface area (TPSA) is 63.4 Å². The van der Waals surface area contributed by atoms with E-state index in [1.54, 1.807) is 50.5 Å². The highest BCUT2D eigenvalue weighted by molar-refractivity contribution is 5.62. The van der Waals surface area contributed by atoms with E-state index >= 15 is 0 Å². The van der Waals surface area contributed by atoms with Crippen molar-refractivity contribution in [1.82, 2.24) is 24.5 Å². The van der Waals surface area contributed by atoms with Crippen molar-refractivity contribution in [1.29, 1.82) is 0 Å². The molecule has 0 saturated carbocycles. The van der Waals surface area contributed by atoms with E-state index < -0.39 is 11.9 Å². The number of fused-ring (bicyclic) bond motifs is 1. The summed E-state index contributed by atoms with van der Waals surface area (Å²) in [5.74, 6) is 1.70. The van der Waals surface area contributed by atoms with Gasteiger partial charge in [-0.3, -0.25) is 4.98 Å². The summed E-state index contributed by atoms with van der Waals surface area (Å²) in [6, 6.07) is 6.34. The van der Waals surface area contributed by atoms with Crippen LogP contribution in [0.25, 0.3) is 11.7 Å². The lowest BCUT2D eigenvalue weighted by molar-refractivity contribution is -0.142. The van der Waals surface area contributed by atoms with Crippen molar-refractivity contribution in [3.8, 4) is 0 Å². The fourth-order valence-electron chi connectivity index (χ4n) is 3.78. The molecule has 3 aromatic rings. The van der Waals surface area contributed by atoms with Gasteiger partial charge in [0.25, 0.3) is 0 Å². The molecule has 3 aromatic heterocycles. The number of rotatable bonds is 5. The Balaban J connectivity index is 1.59. The predicted octanol–water partition coefficient (Wildman–Crippen LogP) is 4.48. The lowest BCUT2D eigenvalue weighted by Crippen LogP contribution is -2.19. The number of hydrogen-bond donors (Lipinski definition) is 0. The van der Waals surface area contributed by atoms with Gasteiger partial charge in [0.1, 0.15) is 17.3 Å². The van der Waals surface area contributed by atoms with Crippen LogP contribution in [0, 0.1) is 0 Å². The number of carbonyl (C=O) groups excluding carboxylic acids is 1. The minimum absolute atomic E-state index is 0.115. The number of aromatic nitrogens is 4. The first-order valence-electron chi connectivity index (χ1n) is 10.3. The molecular weight excluding hydrogens is 419 g/mol. The van der Waals surface area contributed by atoms with Gasteiger partial charge in [0.05, 0.1) is 5.69 Å². The molecule has 0 N–H and O–H groups in total. The molecule has 0 amide bonds. The van der Waals surface area contributed by atoms with E-state index in [-0.39, 0.29) is 17.5 Å². The van der Waals surface area contributed by atoms with Gasteiger partial charge in [-0.25, -0.2) is 14.3 Å². The smallest absolute Gasteiger partial charge is 0.362 e. The van der Waals surface area contributed by atoms with Gasteiger partial charge in [-0.05, 0) is 36.1 Å². The monoisotopic (exact) mass is 441 g/mol. The van der Waals surface area contributed by atoms with Crippen LogP contribution in [0.15, 0.2) is 48.4 Å². The Hall–Kier alpha value is -3.45. The van der Waals surface area contributed by atoms with Gasteiger partial charge >= 0.3 is 6.18 Å². The van der Waals surface area contributed by atoms with Crippen molar-refractivity contribution < 1.29 is 18.0 Å². The maximum Gasteiger partial charge on any atom is 0.433 e. The number of allylic oxidation sites excluding steroid dienone is 1. The number of hydrogen-bond acceptors (Lipinski definition) is 5. The van der Waals surface area contributed by atoms with Crippen molar-refractivity contribution in [2.75, 3.05) is 13.1 Å². The molecule has 1 saturated heterocycles. The van der Waals surface area contributed by atoms with E-state index in [2.05, 4.69) is 15.1 Å². The van der Waals surface area contributed by atoms with E-state index in [0.29, 0.717) is 36.6 Å². The lowest BCUT2D eigenvalue weighted by atomic mass is 10.1. The van der Waals surface area contributed by atoms with Crippen LogP contribution in [-0.2, 0) is 11.0 Å². The Labute approximate surface area is 183 Å². The van der Waals surface area contributed by atoms with E-state index in [1.807, 2.05) is 16.9 Å². The van der Waals surface area contributed by atoms with Crippen LogP contribution >= 0.6 is 0 Å². The number of nitrogens with zero attached hydrogens (tertiary/aromatic N) is 5. The Morgan fingerprint density at radius 1 is 1.31 bits per heavy atom. The maximum absolute atomic E-state index is 13.6. The van der Waals surface area contributed by atoms with E-state index in [0.717, 1.165) is 16.1 Å². The second kappa shape index (κ2) is 8.59. The van der Waals surface area contributed by atoms with Crippen molar-refractivity contribution in [3.63, 3.8) is 0 Å². The van der Waals surface area contributed by atoms with Gasteiger partial charge in [0.2, 0.25) is 0 Å². The first-order chi connectivity index (χ1) is 15.3. The number of halogens is 3. The SMILES string of the molecule is CC(C)c1cc(C(F)(F)F)n2nc([C@H]3CCN(C(=C=O)/C=C/c4cccnc4)C3)cc2n1. The van der Waals surface area contributed by atoms with Gasteiger partial charge in [0, 0.05) is 43.2 Å². The summed E-state index contributed by atoms with van der Waals surface area (Å²) in [7, 11) is 0. The molecule has 1 aliphatic heterocycles. The fraction of sp³-hybridized carbons (Fsp3) is 0.348. The molecule has 0 radical (unpaired) electrons. The number of pyridine rings is 1. The van der Waals surface area contributed by atoms with Gasteiger partial charge < -0.3 is 4.90 Å². The van der Waals surface area contributed by atoms with Gasteiger partial charge in [-0.2, -0.15) is 18.3 Å². The minimum atomic E-state index is -4.54. The third kappa shape index (κ3) is 4.43. The van der Waals surface area contributed by atoms with Crippen LogP contribution in [0.3, 0.4) is 0 Å². The third-order valence-corrected chi connectivity index (χ3v) is 5.52. The summed E-state index contributed by atoms with van der Waals surface area (Å²) in [5.41, 5.74) is 1.49. The highest BCUT2D eigenvalue weighted by Crippen LogP contribution is 2.34. The van der Waals surface area contributed by atoms with Crippen molar-refractivity contribution in [2.24, 2.45) is 0 Å². The van der Waals surface area contributed by atoms with Crippen LogP contribution in [0.1, 0.15) is 54.7 Å². The summed E-state index contributed by atoms with van der Waals surface area (Å²) in [4.78, 5) is 21.8. The molecule has 0 spiro atoms. The molecule has 4 rings (SSSR count). The molecular formula is C23H22F3N5O. The Bertz CT molecular complexity index is 1190. The van der Waals surface area contributed by atoms with Crippen molar-refractivity contribution in [2.45, 2.75) is 38.3 Å². The molecule has 0 bridgehead atoms. The van der Waals surface area contributed by atoms with Crippen LogP contribution in [0.2, 0.25) is 0 Å².